The summed E-state index contributed by atoms with van der Waals surface area (Å²) in [5, 5.41) is 4.00. The van der Waals surface area contributed by atoms with Crippen molar-refractivity contribution >= 4 is 16.8 Å². The molecule has 21 heavy (non-hydrogen) atoms. The largest absolute Gasteiger partial charge is 0.348 e. The van der Waals surface area contributed by atoms with Crippen molar-refractivity contribution in [3.8, 4) is 0 Å². The summed E-state index contributed by atoms with van der Waals surface area (Å²) in [4.78, 5) is 17.0. The van der Waals surface area contributed by atoms with Gasteiger partial charge in [-0.25, -0.2) is 0 Å². The number of carbonyl (C=O) groups is 1. The van der Waals surface area contributed by atoms with Crippen LogP contribution >= 0.6 is 0 Å². The lowest BCUT2D eigenvalue weighted by Crippen LogP contribution is -2.41. The minimum Gasteiger partial charge on any atom is -0.348 e. The molecule has 0 aliphatic rings. The van der Waals surface area contributed by atoms with Crippen molar-refractivity contribution in [3.05, 3.63) is 41.6 Å². The van der Waals surface area contributed by atoms with Crippen LogP contribution < -0.4 is 11.1 Å². The number of carbonyl (C=O) groups excluding carboxylic acids is 1. The van der Waals surface area contributed by atoms with E-state index in [2.05, 4.69) is 24.1 Å². The molecule has 1 unspecified atom stereocenters. The molecule has 4 nitrogen and oxygen atoms in total. The number of hydrogen-bond donors (Lipinski definition) is 2. The third-order valence-electron chi connectivity index (χ3n) is 3.48. The molecule has 0 radical (unpaired) electrons. The van der Waals surface area contributed by atoms with Crippen LogP contribution in [0.3, 0.4) is 0 Å². The van der Waals surface area contributed by atoms with Gasteiger partial charge in [0.25, 0.3) is 5.91 Å². The number of aryl methyl sites for hydroxylation is 1. The second kappa shape index (κ2) is 6.68. The zero-order valence-corrected chi connectivity index (χ0v) is 12.9. The van der Waals surface area contributed by atoms with Crippen molar-refractivity contribution < 1.29 is 4.79 Å². The molecule has 1 atom stereocenters. The smallest absolute Gasteiger partial charge is 0.253 e. The molecule has 4 heteroatoms. The van der Waals surface area contributed by atoms with Gasteiger partial charge in [0.05, 0.1) is 11.1 Å². The minimum absolute atomic E-state index is 0.00225. The van der Waals surface area contributed by atoms with E-state index in [9.17, 15) is 4.79 Å². The van der Waals surface area contributed by atoms with Gasteiger partial charge in [-0.05, 0) is 31.4 Å². The lowest BCUT2D eigenvalue weighted by Gasteiger charge is -2.19. The number of nitrogens with one attached hydrogen (secondary N) is 1. The number of hydrogen-bond acceptors (Lipinski definition) is 3. The molecule has 0 bridgehead atoms. The third-order valence-corrected chi connectivity index (χ3v) is 3.48. The fraction of sp³-hybridized carbons (Fsp3) is 0.412. The van der Waals surface area contributed by atoms with E-state index >= 15 is 0 Å². The number of benzene rings is 1. The first-order valence-electron chi connectivity index (χ1n) is 7.38. The van der Waals surface area contributed by atoms with Crippen LogP contribution in [-0.4, -0.2) is 23.5 Å². The molecule has 1 amide bonds. The highest BCUT2D eigenvalue weighted by Gasteiger charge is 2.16. The standard InChI is InChI=1S/C17H23N3O/c1-11(2)9-14(10-18)20-17(21)15-6-4-5-13-8-7-12(3)19-16(13)15/h4-8,11,14H,9-10,18H2,1-3H3,(H,20,21). The normalized spacial score (nSPS) is 12.6. The highest BCUT2D eigenvalue weighted by atomic mass is 16.1. The molecule has 0 aliphatic heterocycles. The van der Waals surface area contributed by atoms with Gasteiger partial charge in [-0.15, -0.1) is 0 Å². The van der Waals surface area contributed by atoms with E-state index in [0.29, 0.717) is 18.0 Å². The van der Waals surface area contributed by atoms with Crippen molar-refractivity contribution in [1.82, 2.24) is 10.3 Å². The molecule has 3 N–H and O–H groups in total. The van der Waals surface area contributed by atoms with Crippen LogP contribution in [0, 0.1) is 12.8 Å². The Bertz CT molecular complexity index is 637. The summed E-state index contributed by atoms with van der Waals surface area (Å²) in [7, 11) is 0. The van der Waals surface area contributed by atoms with Crippen LogP contribution in [0.4, 0.5) is 0 Å². The van der Waals surface area contributed by atoms with Crippen LogP contribution in [0.1, 0.15) is 36.3 Å². The molecule has 112 valence electrons. The maximum Gasteiger partial charge on any atom is 0.253 e. The molecular weight excluding hydrogens is 262 g/mol. The van der Waals surface area contributed by atoms with E-state index in [1.165, 1.54) is 0 Å². The van der Waals surface area contributed by atoms with E-state index in [1.54, 1.807) is 0 Å². The fourth-order valence-corrected chi connectivity index (χ4v) is 2.47. The van der Waals surface area contributed by atoms with E-state index < -0.39 is 0 Å². The molecule has 0 aliphatic carbocycles. The molecule has 0 saturated carbocycles. The molecule has 0 spiro atoms. The van der Waals surface area contributed by atoms with Crippen molar-refractivity contribution in [1.29, 1.82) is 0 Å². The van der Waals surface area contributed by atoms with Crippen molar-refractivity contribution in [2.24, 2.45) is 11.7 Å². The highest BCUT2D eigenvalue weighted by molar-refractivity contribution is 6.05. The van der Waals surface area contributed by atoms with Crippen molar-refractivity contribution in [3.63, 3.8) is 0 Å². The van der Waals surface area contributed by atoms with Gasteiger partial charge < -0.3 is 11.1 Å². The van der Waals surface area contributed by atoms with Gasteiger partial charge in [-0.3, -0.25) is 9.78 Å². The second-order valence-electron chi connectivity index (χ2n) is 5.87. The molecule has 2 aromatic rings. The van der Waals surface area contributed by atoms with E-state index in [0.717, 1.165) is 23.0 Å². The van der Waals surface area contributed by atoms with Crippen LogP contribution in [0.5, 0.6) is 0 Å². The first-order valence-corrected chi connectivity index (χ1v) is 7.38. The number of nitrogens with two attached hydrogens (primary N) is 1. The van der Waals surface area contributed by atoms with Gasteiger partial charge in [0.1, 0.15) is 0 Å². The SMILES string of the molecule is Cc1ccc2cccc(C(=O)NC(CN)CC(C)C)c2n1. The maximum atomic E-state index is 12.5. The topological polar surface area (TPSA) is 68.0 Å². The summed E-state index contributed by atoms with van der Waals surface area (Å²) in [5.41, 5.74) is 8.01. The Labute approximate surface area is 125 Å². The molecule has 1 aromatic carbocycles. The van der Waals surface area contributed by atoms with Crippen LogP contribution in [0.25, 0.3) is 10.9 Å². The Morgan fingerprint density at radius 3 is 2.71 bits per heavy atom. The average Bonchev–Trinajstić information content (AvgIpc) is 2.45. The van der Waals surface area contributed by atoms with Gasteiger partial charge in [0.2, 0.25) is 0 Å². The quantitative estimate of drug-likeness (QED) is 0.887. The molecular formula is C17H23N3O. The van der Waals surface area contributed by atoms with Gasteiger partial charge in [-0.1, -0.05) is 32.0 Å². The zero-order valence-electron chi connectivity index (χ0n) is 12.9. The second-order valence-corrected chi connectivity index (χ2v) is 5.87. The Balaban J connectivity index is 2.28. The fourth-order valence-electron chi connectivity index (χ4n) is 2.47. The Morgan fingerprint density at radius 1 is 1.29 bits per heavy atom. The first-order chi connectivity index (χ1) is 10.0. The molecule has 2 rings (SSSR count). The number of nitrogens with zero attached hydrogens (tertiary/aromatic N) is 1. The van der Waals surface area contributed by atoms with Crippen LogP contribution in [0.15, 0.2) is 30.3 Å². The Kier molecular flexibility index (Phi) is 4.91. The summed E-state index contributed by atoms with van der Waals surface area (Å²) in [6.07, 6.45) is 0.874. The van der Waals surface area contributed by atoms with Gasteiger partial charge in [0, 0.05) is 23.7 Å². The highest BCUT2D eigenvalue weighted by Crippen LogP contribution is 2.17. The summed E-state index contributed by atoms with van der Waals surface area (Å²) in [6.45, 7) is 6.62. The predicted octanol–water partition coefficient (Wildman–Crippen LogP) is 2.65. The minimum atomic E-state index is -0.102. The summed E-state index contributed by atoms with van der Waals surface area (Å²) in [5.74, 6) is 0.390. The molecule has 1 aromatic heterocycles. The number of para-hydroxylation sites is 1. The average molecular weight is 285 g/mol. The number of rotatable bonds is 5. The van der Waals surface area contributed by atoms with E-state index in [1.807, 2.05) is 37.3 Å². The molecule has 1 heterocycles. The first kappa shape index (κ1) is 15.4. The lowest BCUT2D eigenvalue weighted by atomic mass is 10.0. The number of pyridine rings is 1. The van der Waals surface area contributed by atoms with Crippen molar-refractivity contribution in [2.45, 2.75) is 33.2 Å². The van der Waals surface area contributed by atoms with E-state index in [-0.39, 0.29) is 11.9 Å². The zero-order chi connectivity index (χ0) is 15.4. The molecule has 0 saturated heterocycles. The van der Waals surface area contributed by atoms with Gasteiger partial charge in [0.15, 0.2) is 0 Å². The van der Waals surface area contributed by atoms with Crippen LogP contribution in [-0.2, 0) is 0 Å². The number of fused-ring (bicyclic) bond motifs is 1. The van der Waals surface area contributed by atoms with E-state index in [4.69, 9.17) is 5.73 Å². The Morgan fingerprint density at radius 2 is 2.05 bits per heavy atom. The van der Waals surface area contributed by atoms with Gasteiger partial charge >= 0.3 is 0 Å². The van der Waals surface area contributed by atoms with Crippen molar-refractivity contribution in [2.75, 3.05) is 6.54 Å². The maximum absolute atomic E-state index is 12.5. The number of amides is 1. The summed E-state index contributed by atoms with van der Waals surface area (Å²) >= 11 is 0. The number of aromatic nitrogens is 1. The third kappa shape index (κ3) is 3.79. The summed E-state index contributed by atoms with van der Waals surface area (Å²) in [6, 6.07) is 9.60. The molecule has 0 fully saturated rings. The summed E-state index contributed by atoms with van der Waals surface area (Å²) < 4.78 is 0. The van der Waals surface area contributed by atoms with Gasteiger partial charge in [-0.2, -0.15) is 0 Å². The Hall–Kier alpha value is -1.94. The van der Waals surface area contributed by atoms with Crippen LogP contribution in [0.2, 0.25) is 0 Å². The monoisotopic (exact) mass is 285 g/mol. The predicted molar refractivity (Wildman–Crippen MR) is 86.2 cm³/mol. The lowest BCUT2D eigenvalue weighted by molar-refractivity contribution is 0.0935.